The maximum absolute atomic E-state index is 11.2. The van der Waals surface area contributed by atoms with Crippen LogP contribution in [0.5, 0.6) is 0 Å². The van der Waals surface area contributed by atoms with Crippen LogP contribution in [0.4, 0.5) is 0 Å². The molecule has 3 aromatic heterocycles. The summed E-state index contributed by atoms with van der Waals surface area (Å²) in [4.78, 5) is 26.6. The Morgan fingerprint density at radius 2 is 2.20 bits per heavy atom. The molecule has 1 saturated heterocycles. The monoisotopic (exact) mass is 341 g/mol. The minimum absolute atomic E-state index is 0.0267. The van der Waals surface area contributed by atoms with Gasteiger partial charge in [-0.1, -0.05) is 5.16 Å². The molecule has 1 atom stereocenters. The number of imidazole rings is 1. The zero-order valence-electron chi connectivity index (χ0n) is 14.1. The van der Waals surface area contributed by atoms with Crippen LogP contribution >= 0.6 is 0 Å². The first-order chi connectivity index (χ1) is 12.0. The van der Waals surface area contributed by atoms with Gasteiger partial charge in [-0.05, 0) is 39.3 Å². The van der Waals surface area contributed by atoms with E-state index in [1.807, 2.05) is 30.5 Å². The number of rotatable bonds is 4. The molecule has 0 unspecified atom stereocenters. The topological polar surface area (TPSA) is 115 Å². The largest absolute Gasteiger partial charge is 0.363 e. The van der Waals surface area contributed by atoms with Crippen LogP contribution in [0, 0.1) is 13.8 Å². The second kappa shape index (κ2) is 5.92. The lowest BCUT2D eigenvalue weighted by atomic mass is 10.2. The third kappa shape index (κ3) is 2.86. The Balaban J connectivity index is 1.58. The molecule has 1 amide bonds. The summed E-state index contributed by atoms with van der Waals surface area (Å²) in [5.74, 6) is 0.374. The Hall–Kier alpha value is -2.81. The molecule has 1 aliphatic rings. The number of carbonyl (C=O) groups excluding carboxylic acids is 1. The minimum atomic E-state index is -0.684. The van der Waals surface area contributed by atoms with Crippen molar-refractivity contribution >= 4 is 11.7 Å². The number of nitrogens with zero attached hydrogens (tertiary/aromatic N) is 6. The van der Waals surface area contributed by atoms with E-state index in [0.29, 0.717) is 18.2 Å². The Kier molecular flexibility index (Phi) is 3.72. The second-order valence-corrected chi connectivity index (χ2v) is 6.39. The average molecular weight is 341 g/mol. The average Bonchev–Trinajstić information content (AvgIpc) is 3.25. The highest BCUT2D eigenvalue weighted by molar-refractivity contribution is 5.88. The summed E-state index contributed by atoms with van der Waals surface area (Å²) in [6.07, 6.45) is 3.92. The molecule has 0 spiro atoms. The Morgan fingerprint density at radius 1 is 1.36 bits per heavy atom. The van der Waals surface area contributed by atoms with Crippen LogP contribution in [0.15, 0.2) is 16.8 Å². The first kappa shape index (κ1) is 15.7. The van der Waals surface area contributed by atoms with Crippen LogP contribution in [-0.4, -0.2) is 41.9 Å². The fourth-order valence-electron chi connectivity index (χ4n) is 3.37. The predicted octanol–water partition coefficient (Wildman–Crippen LogP) is 1.17. The molecule has 1 fully saturated rings. The third-order valence-corrected chi connectivity index (χ3v) is 4.49. The summed E-state index contributed by atoms with van der Waals surface area (Å²) in [6.45, 7) is 5.55. The number of aromatic nitrogens is 5. The molecule has 2 N–H and O–H groups in total. The van der Waals surface area contributed by atoms with Gasteiger partial charge in [-0.2, -0.15) is 4.98 Å². The lowest BCUT2D eigenvalue weighted by molar-refractivity contribution is 0.0987. The fraction of sp³-hybridized carbons (Fsp3) is 0.438. The number of hydrogen-bond donors (Lipinski definition) is 1. The lowest BCUT2D eigenvalue weighted by Gasteiger charge is -2.19. The SMILES string of the molecule is Cc1cc(C)n2cc(CN3CCC[C@@H]3c3nc(C(N)=O)no3)nc2n1. The van der Waals surface area contributed by atoms with Gasteiger partial charge in [0.05, 0.1) is 11.7 Å². The van der Waals surface area contributed by atoms with Gasteiger partial charge < -0.3 is 10.3 Å². The van der Waals surface area contributed by atoms with E-state index in [9.17, 15) is 4.79 Å². The summed E-state index contributed by atoms with van der Waals surface area (Å²) in [7, 11) is 0. The molecule has 4 heterocycles. The smallest absolute Gasteiger partial charge is 0.290 e. The maximum Gasteiger partial charge on any atom is 0.290 e. The Bertz CT molecular complexity index is 945. The molecule has 0 radical (unpaired) electrons. The number of fused-ring (bicyclic) bond motifs is 1. The quantitative estimate of drug-likeness (QED) is 0.757. The first-order valence-corrected chi connectivity index (χ1v) is 8.21. The highest BCUT2D eigenvalue weighted by atomic mass is 16.5. The van der Waals surface area contributed by atoms with Crippen molar-refractivity contribution in [2.24, 2.45) is 5.73 Å². The molecule has 130 valence electrons. The molecule has 9 heteroatoms. The molecule has 0 aliphatic carbocycles. The molecule has 0 saturated carbocycles. The standard InChI is InChI=1S/C16H19N7O2/c1-9-6-10(2)23-8-11(19-16(23)18-9)7-22-5-3-4-12(22)15-20-14(13(17)24)21-25-15/h6,8,12H,3-5,7H2,1-2H3,(H2,17,24)/t12-/m1/s1. The van der Waals surface area contributed by atoms with Crippen molar-refractivity contribution in [3.63, 3.8) is 0 Å². The van der Waals surface area contributed by atoms with Crippen LogP contribution in [0.25, 0.3) is 5.78 Å². The summed E-state index contributed by atoms with van der Waals surface area (Å²) in [5.41, 5.74) is 8.18. The normalized spacial score (nSPS) is 18.2. The Labute approximate surface area is 143 Å². The van der Waals surface area contributed by atoms with Crippen LogP contribution in [0.1, 0.15) is 52.5 Å². The zero-order chi connectivity index (χ0) is 17.6. The van der Waals surface area contributed by atoms with E-state index < -0.39 is 5.91 Å². The number of nitrogens with two attached hydrogens (primary N) is 1. The van der Waals surface area contributed by atoms with Crippen LogP contribution in [-0.2, 0) is 6.54 Å². The molecule has 1 aliphatic heterocycles. The van der Waals surface area contributed by atoms with Crippen molar-refractivity contribution in [2.45, 2.75) is 39.3 Å². The summed E-state index contributed by atoms with van der Waals surface area (Å²) in [5, 5.41) is 3.64. The van der Waals surface area contributed by atoms with Crippen molar-refractivity contribution in [3.8, 4) is 0 Å². The summed E-state index contributed by atoms with van der Waals surface area (Å²) < 4.78 is 7.22. The molecule has 25 heavy (non-hydrogen) atoms. The minimum Gasteiger partial charge on any atom is -0.363 e. The van der Waals surface area contributed by atoms with Crippen LogP contribution in [0.2, 0.25) is 0 Å². The van der Waals surface area contributed by atoms with Gasteiger partial charge in [-0.25, -0.2) is 9.97 Å². The van der Waals surface area contributed by atoms with E-state index in [2.05, 4.69) is 25.0 Å². The molecule has 4 rings (SSSR count). The van der Waals surface area contributed by atoms with E-state index in [0.717, 1.165) is 36.5 Å². The fourth-order valence-corrected chi connectivity index (χ4v) is 3.37. The van der Waals surface area contributed by atoms with E-state index in [1.54, 1.807) is 0 Å². The van der Waals surface area contributed by atoms with Gasteiger partial charge in [0.2, 0.25) is 11.7 Å². The van der Waals surface area contributed by atoms with Gasteiger partial charge in [-0.15, -0.1) is 0 Å². The molecular formula is C16H19N7O2. The van der Waals surface area contributed by atoms with Gasteiger partial charge in [-0.3, -0.25) is 14.1 Å². The lowest BCUT2D eigenvalue weighted by Crippen LogP contribution is -2.23. The summed E-state index contributed by atoms with van der Waals surface area (Å²) in [6, 6.07) is 2.00. The number of primary amides is 1. The van der Waals surface area contributed by atoms with Gasteiger partial charge in [0.25, 0.3) is 11.7 Å². The van der Waals surface area contributed by atoms with Gasteiger partial charge in [0.15, 0.2) is 0 Å². The van der Waals surface area contributed by atoms with E-state index in [-0.39, 0.29) is 11.9 Å². The highest BCUT2D eigenvalue weighted by Crippen LogP contribution is 2.32. The second-order valence-electron chi connectivity index (χ2n) is 6.39. The zero-order valence-corrected chi connectivity index (χ0v) is 14.1. The van der Waals surface area contributed by atoms with Crippen molar-refractivity contribution in [1.82, 2.24) is 29.4 Å². The van der Waals surface area contributed by atoms with Gasteiger partial charge >= 0.3 is 0 Å². The molecular weight excluding hydrogens is 322 g/mol. The van der Waals surface area contributed by atoms with Crippen LogP contribution in [0.3, 0.4) is 0 Å². The first-order valence-electron chi connectivity index (χ1n) is 8.21. The van der Waals surface area contributed by atoms with Gasteiger partial charge in [0.1, 0.15) is 0 Å². The number of likely N-dealkylation sites (tertiary alicyclic amines) is 1. The molecule has 9 nitrogen and oxygen atoms in total. The molecule has 0 bridgehead atoms. The van der Waals surface area contributed by atoms with Crippen molar-refractivity contribution < 1.29 is 9.32 Å². The predicted molar refractivity (Wildman–Crippen MR) is 87.7 cm³/mol. The Morgan fingerprint density at radius 3 is 2.96 bits per heavy atom. The summed E-state index contributed by atoms with van der Waals surface area (Å²) >= 11 is 0. The van der Waals surface area contributed by atoms with E-state index in [4.69, 9.17) is 10.3 Å². The molecule has 0 aromatic carbocycles. The maximum atomic E-state index is 11.2. The highest BCUT2D eigenvalue weighted by Gasteiger charge is 2.31. The van der Waals surface area contributed by atoms with Crippen molar-refractivity contribution in [3.05, 3.63) is 41.1 Å². The van der Waals surface area contributed by atoms with E-state index >= 15 is 0 Å². The van der Waals surface area contributed by atoms with E-state index in [1.165, 1.54) is 0 Å². The third-order valence-electron chi connectivity index (χ3n) is 4.49. The number of aryl methyl sites for hydroxylation is 2. The van der Waals surface area contributed by atoms with Crippen molar-refractivity contribution in [2.75, 3.05) is 6.54 Å². The molecule has 3 aromatic rings. The number of amides is 1. The van der Waals surface area contributed by atoms with Gasteiger partial charge in [0, 0.05) is 24.1 Å². The number of carbonyl (C=O) groups is 1. The number of hydrogen-bond acceptors (Lipinski definition) is 7. The van der Waals surface area contributed by atoms with Crippen LogP contribution < -0.4 is 5.73 Å². The van der Waals surface area contributed by atoms with Crippen molar-refractivity contribution in [1.29, 1.82) is 0 Å².